The van der Waals surface area contributed by atoms with Gasteiger partial charge in [0, 0.05) is 43.0 Å². The fourth-order valence-corrected chi connectivity index (χ4v) is 7.17. The number of aliphatic hydroxyl groups is 1. The molecule has 2 aromatic rings. The largest absolute Gasteiger partial charge is 0.507 e. The van der Waals surface area contributed by atoms with Crippen LogP contribution in [0.25, 0.3) is 0 Å². The van der Waals surface area contributed by atoms with Crippen LogP contribution < -0.4 is 0 Å². The van der Waals surface area contributed by atoms with Gasteiger partial charge in [-0.05, 0) is 86.4 Å². The summed E-state index contributed by atoms with van der Waals surface area (Å²) >= 11 is 0. The SMILES string of the molecule is O=C(Cc1ccccn1)N1CCC23CCN(CC4CC4)C(Cc4cc(C(F)(F)F)c(O)cc42)C3(O)CC1. The molecule has 2 saturated heterocycles. The van der Waals surface area contributed by atoms with Crippen molar-refractivity contribution in [3.05, 3.63) is 58.9 Å². The fourth-order valence-electron chi connectivity index (χ4n) is 7.17. The molecule has 1 aromatic carbocycles. The zero-order chi connectivity index (χ0) is 26.0. The molecule has 0 spiro atoms. The lowest BCUT2D eigenvalue weighted by molar-refractivity contribution is -0.150. The van der Waals surface area contributed by atoms with Crippen molar-refractivity contribution < 1.29 is 28.2 Å². The molecule has 198 valence electrons. The van der Waals surface area contributed by atoms with Gasteiger partial charge in [0.2, 0.25) is 5.91 Å². The molecule has 37 heavy (non-hydrogen) atoms. The number of carbonyl (C=O) groups is 1. The Morgan fingerprint density at radius 1 is 1.11 bits per heavy atom. The number of pyridine rings is 1. The number of aromatic hydroxyl groups is 1. The number of amides is 1. The van der Waals surface area contributed by atoms with E-state index in [1.807, 2.05) is 12.1 Å². The Labute approximate surface area is 214 Å². The lowest BCUT2D eigenvalue weighted by atomic mass is 9.52. The number of halogens is 3. The van der Waals surface area contributed by atoms with Crippen molar-refractivity contribution >= 4 is 5.91 Å². The summed E-state index contributed by atoms with van der Waals surface area (Å²) < 4.78 is 41.1. The number of benzene rings is 1. The van der Waals surface area contributed by atoms with Crippen molar-refractivity contribution in [2.45, 2.75) is 68.2 Å². The number of alkyl halides is 3. The van der Waals surface area contributed by atoms with Crippen LogP contribution in [0.2, 0.25) is 0 Å². The van der Waals surface area contributed by atoms with Crippen LogP contribution >= 0.6 is 0 Å². The number of likely N-dealkylation sites (tertiary alicyclic amines) is 2. The van der Waals surface area contributed by atoms with Crippen molar-refractivity contribution in [2.24, 2.45) is 5.92 Å². The Morgan fingerprint density at radius 3 is 2.57 bits per heavy atom. The maximum Gasteiger partial charge on any atom is 0.419 e. The predicted molar refractivity (Wildman–Crippen MR) is 130 cm³/mol. The summed E-state index contributed by atoms with van der Waals surface area (Å²) in [4.78, 5) is 21.5. The molecule has 0 radical (unpaired) electrons. The lowest BCUT2D eigenvalue weighted by Crippen LogP contribution is -2.71. The van der Waals surface area contributed by atoms with Crippen molar-refractivity contribution in [3.63, 3.8) is 0 Å². The first kappa shape index (κ1) is 24.7. The van der Waals surface area contributed by atoms with Crippen LogP contribution in [0.1, 0.15) is 54.5 Å². The first-order valence-electron chi connectivity index (χ1n) is 13.2. The van der Waals surface area contributed by atoms with E-state index in [-0.39, 0.29) is 18.4 Å². The molecule has 1 aromatic heterocycles. The minimum absolute atomic E-state index is 0.0720. The van der Waals surface area contributed by atoms with Gasteiger partial charge in [-0.2, -0.15) is 13.2 Å². The maximum atomic E-state index is 13.7. The molecule has 2 aliphatic carbocycles. The van der Waals surface area contributed by atoms with E-state index in [1.165, 1.54) is 6.07 Å². The highest BCUT2D eigenvalue weighted by Gasteiger charge is 2.63. The summed E-state index contributed by atoms with van der Waals surface area (Å²) in [5.74, 6) is -0.295. The third-order valence-electron chi connectivity index (χ3n) is 9.27. The Bertz CT molecular complexity index is 1200. The smallest absolute Gasteiger partial charge is 0.419 e. The molecule has 3 fully saturated rings. The molecule has 2 bridgehead atoms. The number of hydrogen-bond acceptors (Lipinski definition) is 5. The summed E-state index contributed by atoms with van der Waals surface area (Å²) in [6.45, 7) is 2.35. The molecule has 6 rings (SSSR count). The van der Waals surface area contributed by atoms with Crippen molar-refractivity contribution in [1.29, 1.82) is 0 Å². The summed E-state index contributed by atoms with van der Waals surface area (Å²) in [5.41, 5.74) is -1.22. The van der Waals surface area contributed by atoms with E-state index >= 15 is 0 Å². The second-order valence-corrected chi connectivity index (χ2v) is 11.3. The number of phenolic OH excluding ortho intramolecular Hbond substituents is 1. The van der Waals surface area contributed by atoms with E-state index in [2.05, 4.69) is 9.88 Å². The van der Waals surface area contributed by atoms with Gasteiger partial charge in [0.15, 0.2) is 0 Å². The number of aromatic nitrogens is 1. The molecule has 2 N–H and O–H groups in total. The molecular weight excluding hydrogens is 483 g/mol. The molecule has 3 atom stereocenters. The molecule has 3 heterocycles. The van der Waals surface area contributed by atoms with E-state index in [0.717, 1.165) is 32.0 Å². The fraction of sp³-hybridized carbons (Fsp3) is 0.571. The Morgan fingerprint density at radius 2 is 1.86 bits per heavy atom. The van der Waals surface area contributed by atoms with Crippen molar-refractivity contribution in [1.82, 2.24) is 14.8 Å². The molecule has 4 aliphatic rings. The highest BCUT2D eigenvalue weighted by molar-refractivity contribution is 5.78. The number of fused-ring (bicyclic) bond motifs is 1. The number of rotatable bonds is 4. The standard InChI is InChI=1S/C28H32F3N3O3/c29-28(30,31)22-13-19-14-24-27(37)8-12-33(25(36)15-20-3-1-2-9-32-20)10-6-26(27,21(19)16-23(22)35)7-11-34(24)17-18-4-5-18/h1-3,9,13,16,18,24,35,37H,4-8,10-12,14-15,17H2. The first-order valence-corrected chi connectivity index (χ1v) is 13.2. The average Bonchev–Trinajstić information content (AvgIpc) is 3.67. The van der Waals surface area contributed by atoms with Crippen LogP contribution in [0.4, 0.5) is 13.2 Å². The first-order chi connectivity index (χ1) is 17.6. The highest BCUT2D eigenvalue weighted by atomic mass is 19.4. The third kappa shape index (κ3) is 4.11. The van der Waals surface area contributed by atoms with Gasteiger partial charge in [0.25, 0.3) is 0 Å². The maximum absolute atomic E-state index is 13.7. The lowest BCUT2D eigenvalue weighted by Gasteiger charge is -2.61. The number of phenols is 1. The monoisotopic (exact) mass is 515 g/mol. The van der Waals surface area contributed by atoms with E-state index in [0.29, 0.717) is 61.5 Å². The minimum Gasteiger partial charge on any atom is -0.507 e. The highest BCUT2D eigenvalue weighted by Crippen LogP contribution is 2.57. The molecule has 2 aliphatic heterocycles. The minimum atomic E-state index is -4.66. The Hall–Kier alpha value is -2.65. The van der Waals surface area contributed by atoms with E-state index in [9.17, 15) is 28.2 Å². The zero-order valence-electron chi connectivity index (χ0n) is 20.7. The molecular formula is C28H32F3N3O3. The number of piperidine rings is 1. The summed E-state index contributed by atoms with van der Waals surface area (Å²) in [6.07, 6.45) is 1.09. The van der Waals surface area contributed by atoms with Crippen LogP contribution in [0, 0.1) is 5.92 Å². The summed E-state index contributed by atoms with van der Waals surface area (Å²) in [6, 6.07) is 7.46. The Kier molecular flexibility index (Phi) is 5.80. The number of hydrogen-bond donors (Lipinski definition) is 2. The second kappa shape index (κ2) is 8.70. The van der Waals surface area contributed by atoms with Gasteiger partial charge < -0.3 is 15.1 Å². The molecule has 1 saturated carbocycles. The van der Waals surface area contributed by atoms with Crippen LogP contribution in [-0.4, -0.2) is 68.7 Å². The third-order valence-corrected chi connectivity index (χ3v) is 9.27. The van der Waals surface area contributed by atoms with E-state index in [4.69, 9.17) is 0 Å². The average molecular weight is 516 g/mol. The van der Waals surface area contributed by atoms with E-state index in [1.54, 1.807) is 17.2 Å². The van der Waals surface area contributed by atoms with Crippen LogP contribution in [0.15, 0.2) is 36.5 Å². The molecule has 3 unspecified atom stereocenters. The van der Waals surface area contributed by atoms with Gasteiger partial charge >= 0.3 is 6.18 Å². The molecule has 9 heteroatoms. The topological polar surface area (TPSA) is 76.9 Å². The quantitative estimate of drug-likeness (QED) is 0.650. The number of carbonyl (C=O) groups excluding carboxylic acids is 1. The van der Waals surface area contributed by atoms with Gasteiger partial charge in [-0.15, -0.1) is 0 Å². The van der Waals surface area contributed by atoms with Crippen LogP contribution in [0.3, 0.4) is 0 Å². The van der Waals surface area contributed by atoms with Gasteiger partial charge in [0.05, 0.1) is 17.6 Å². The molecule has 6 nitrogen and oxygen atoms in total. The van der Waals surface area contributed by atoms with Gasteiger partial charge in [-0.1, -0.05) is 6.07 Å². The molecule has 1 amide bonds. The summed E-state index contributed by atoms with van der Waals surface area (Å²) in [5, 5.41) is 22.9. The zero-order valence-corrected chi connectivity index (χ0v) is 20.7. The normalized spacial score (nSPS) is 29.8. The predicted octanol–water partition coefficient (Wildman–Crippen LogP) is 3.68. The summed E-state index contributed by atoms with van der Waals surface area (Å²) in [7, 11) is 0. The number of nitrogens with zero attached hydrogens (tertiary/aromatic N) is 3. The van der Waals surface area contributed by atoms with Gasteiger partial charge in [0.1, 0.15) is 5.75 Å². The van der Waals surface area contributed by atoms with Crippen molar-refractivity contribution in [3.8, 4) is 5.75 Å². The van der Waals surface area contributed by atoms with Gasteiger partial charge in [-0.25, -0.2) is 0 Å². The second-order valence-electron chi connectivity index (χ2n) is 11.3. The van der Waals surface area contributed by atoms with Crippen LogP contribution in [0.5, 0.6) is 5.75 Å². The van der Waals surface area contributed by atoms with E-state index < -0.39 is 28.5 Å². The van der Waals surface area contributed by atoms with Gasteiger partial charge in [-0.3, -0.25) is 14.7 Å². The van der Waals surface area contributed by atoms with Crippen molar-refractivity contribution in [2.75, 3.05) is 26.2 Å². The Balaban J connectivity index is 1.38. The van der Waals surface area contributed by atoms with Crippen LogP contribution in [-0.2, 0) is 29.2 Å².